The molecule has 9 heteroatoms. The van der Waals surface area contributed by atoms with Gasteiger partial charge in [-0.1, -0.05) is 53.7 Å². The second kappa shape index (κ2) is 10.0. The molecule has 0 saturated heterocycles. The summed E-state index contributed by atoms with van der Waals surface area (Å²) in [5.41, 5.74) is 3.35. The molecule has 0 spiro atoms. The van der Waals surface area contributed by atoms with Crippen LogP contribution in [0, 0.1) is 5.82 Å². The number of nitrogens with zero attached hydrogens (tertiary/aromatic N) is 3. The maximum atomic E-state index is 13.3. The number of halogens is 1. The number of aromatic nitrogens is 3. The Balaban J connectivity index is 1.48. The van der Waals surface area contributed by atoms with Crippen molar-refractivity contribution >= 4 is 22.6 Å². The van der Waals surface area contributed by atoms with Gasteiger partial charge in [0, 0.05) is 5.56 Å². The fraction of sp³-hybridized carbons (Fsp3) is 0.167. The number of fused-ring (bicyclic) bond motifs is 1. The summed E-state index contributed by atoms with van der Waals surface area (Å²) in [7, 11) is 0. The van der Waals surface area contributed by atoms with Crippen LogP contribution in [0.15, 0.2) is 72.9 Å². The molecule has 1 heterocycles. The molecule has 1 unspecified atom stereocenters. The number of hydroxylamine groups is 1. The summed E-state index contributed by atoms with van der Waals surface area (Å²) < 4.78 is 14.9. The molecule has 0 aliphatic rings. The number of hydrogen-bond donors (Lipinski definition) is 3. The van der Waals surface area contributed by atoms with Gasteiger partial charge in [-0.25, -0.2) is 14.6 Å². The van der Waals surface area contributed by atoms with Crippen molar-refractivity contribution in [2.24, 2.45) is 0 Å². The fourth-order valence-corrected chi connectivity index (χ4v) is 3.63. The molecule has 1 atom stereocenters. The molecule has 2 amide bonds. The van der Waals surface area contributed by atoms with E-state index in [1.807, 2.05) is 36.4 Å². The van der Waals surface area contributed by atoms with E-state index in [4.69, 9.17) is 5.21 Å². The van der Waals surface area contributed by atoms with E-state index in [9.17, 15) is 14.0 Å². The summed E-state index contributed by atoms with van der Waals surface area (Å²) in [5.74, 6) is -1.47. The smallest absolute Gasteiger partial charge is 0.251 e. The van der Waals surface area contributed by atoms with Crippen LogP contribution >= 0.6 is 0 Å². The first-order valence-corrected chi connectivity index (χ1v) is 10.4. The summed E-state index contributed by atoms with van der Waals surface area (Å²) >= 11 is 0. The molecule has 3 aromatic carbocycles. The highest BCUT2D eigenvalue weighted by Crippen LogP contribution is 2.22. The largest absolute Gasteiger partial charge is 0.346 e. The highest BCUT2D eigenvalue weighted by molar-refractivity contribution is 5.94. The third kappa shape index (κ3) is 5.58. The first kappa shape index (κ1) is 22.1. The molecule has 4 rings (SSSR count). The first-order chi connectivity index (χ1) is 16.0. The Hall–Kier alpha value is -4.11. The van der Waals surface area contributed by atoms with E-state index < -0.39 is 23.7 Å². The number of benzene rings is 3. The van der Waals surface area contributed by atoms with Gasteiger partial charge in [0.25, 0.3) is 5.91 Å². The SMILES string of the molecule is O=C(CC(Cc1ccc2ccccc2c1)n1cc(CNC(=O)c2cccc(F)c2)nn1)NO. The van der Waals surface area contributed by atoms with Gasteiger partial charge in [-0.2, -0.15) is 0 Å². The Morgan fingerprint density at radius 3 is 2.64 bits per heavy atom. The lowest BCUT2D eigenvalue weighted by Crippen LogP contribution is -2.25. The van der Waals surface area contributed by atoms with Gasteiger partial charge in [0.1, 0.15) is 11.5 Å². The Labute approximate surface area is 189 Å². The number of carbonyl (C=O) groups excluding carboxylic acids is 2. The molecule has 4 aromatic rings. The monoisotopic (exact) mass is 447 g/mol. The predicted molar refractivity (Wildman–Crippen MR) is 119 cm³/mol. The maximum absolute atomic E-state index is 13.3. The predicted octanol–water partition coefficient (Wildman–Crippen LogP) is 3.18. The summed E-state index contributed by atoms with van der Waals surface area (Å²) in [6.45, 7) is 0.0875. The minimum absolute atomic E-state index is 0.0121. The molecule has 168 valence electrons. The summed E-state index contributed by atoms with van der Waals surface area (Å²) in [5, 5.41) is 22.1. The van der Waals surface area contributed by atoms with Crippen LogP contribution in [0.5, 0.6) is 0 Å². The van der Waals surface area contributed by atoms with Crippen LogP contribution in [0.25, 0.3) is 10.8 Å². The van der Waals surface area contributed by atoms with Crippen molar-refractivity contribution in [2.75, 3.05) is 0 Å². The minimum Gasteiger partial charge on any atom is -0.346 e. The lowest BCUT2D eigenvalue weighted by Gasteiger charge is -2.16. The first-order valence-electron chi connectivity index (χ1n) is 10.4. The van der Waals surface area contributed by atoms with E-state index in [-0.39, 0.29) is 18.5 Å². The van der Waals surface area contributed by atoms with Crippen molar-refractivity contribution in [1.29, 1.82) is 0 Å². The van der Waals surface area contributed by atoms with Gasteiger partial charge in [-0.05, 0) is 41.0 Å². The highest BCUT2D eigenvalue weighted by Gasteiger charge is 2.19. The quantitative estimate of drug-likeness (QED) is 0.284. The van der Waals surface area contributed by atoms with E-state index >= 15 is 0 Å². The van der Waals surface area contributed by atoms with E-state index in [1.165, 1.54) is 18.2 Å². The summed E-state index contributed by atoms with van der Waals surface area (Å²) in [4.78, 5) is 24.1. The van der Waals surface area contributed by atoms with E-state index in [2.05, 4.69) is 21.7 Å². The molecule has 1 aromatic heterocycles. The minimum atomic E-state index is -0.544. The van der Waals surface area contributed by atoms with Crippen molar-refractivity contribution in [3.05, 3.63) is 95.6 Å². The van der Waals surface area contributed by atoms with Gasteiger partial charge in [-0.3, -0.25) is 14.8 Å². The van der Waals surface area contributed by atoms with E-state index in [0.717, 1.165) is 22.4 Å². The van der Waals surface area contributed by atoms with Crippen LogP contribution in [0.1, 0.15) is 34.1 Å². The van der Waals surface area contributed by atoms with Crippen LogP contribution in [0.4, 0.5) is 4.39 Å². The van der Waals surface area contributed by atoms with Gasteiger partial charge < -0.3 is 5.32 Å². The molecule has 0 radical (unpaired) electrons. The van der Waals surface area contributed by atoms with E-state index in [0.29, 0.717) is 12.1 Å². The van der Waals surface area contributed by atoms with Gasteiger partial charge >= 0.3 is 0 Å². The topological polar surface area (TPSA) is 109 Å². The molecular formula is C24H22FN5O3. The number of hydrogen-bond acceptors (Lipinski definition) is 5. The second-order valence-electron chi connectivity index (χ2n) is 7.66. The van der Waals surface area contributed by atoms with Crippen molar-refractivity contribution in [3.8, 4) is 0 Å². The van der Waals surface area contributed by atoms with Crippen LogP contribution < -0.4 is 10.8 Å². The van der Waals surface area contributed by atoms with Crippen molar-refractivity contribution in [2.45, 2.75) is 25.4 Å². The maximum Gasteiger partial charge on any atom is 0.251 e. The molecule has 33 heavy (non-hydrogen) atoms. The Morgan fingerprint density at radius 2 is 1.85 bits per heavy atom. The van der Waals surface area contributed by atoms with Gasteiger partial charge in [0.2, 0.25) is 5.91 Å². The molecule has 0 fully saturated rings. The van der Waals surface area contributed by atoms with Crippen molar-refractivity contribution < 1.29 is 19.2 Å². The fourth-order valence-electron chi connectivity index (χ4n) is 3.63. The average Bonchev–Trinajstić information content (AvgIpc) is 3.31. The van der Waals surface area contributed by atoms with Crippen molar-refractivity contribution in [1.82, 2.24) is 25.8 Å². The molecular weight excluding hydrogens is 425 g/mol. The number of nitrogens with one attached hydrogen (secondary N) is 2. The summed E-state index contributed by atoms with van der Waals surface area (Å²) in [6, 6.07) is 19.0. The van der Waals surface area contributed by atoms with Crippen LogP contribution in [-0.4, -0.2) is 32.0 Å². The number of rotatable bonds is 8. The lowest BCUT2D eigenvalue weighted by atomic mass is 10.00. The van der Waals surface area contributed by atoms with E-state index in [1.54, 1.807) is 16.4 Å². The number of carbonyl (C=O) groups is 2. The molecule has 8 nitrogen and oxygen atoms in total. The van der Waals surface area contributed by atoms with Crippen LogP contribution in [-0.2, 0) is 17.8 Å². The van der Waals surface area contributed by atoms with Crippen LogP contribution in [0.3, 0.4) is 0 Å². The van der Waals surface area contributed by atoms with Crippen LogP contribution in [0.2, 0.25) is 0 Å². The zero-order valence-corrected chi connectivity index (χ0v) is 17.6. The van der Waals surface area contributed by atoms with Gasteiger partial charge in [0.15, 0.2) is 0 Å². The zero-order chi connectivity index (χ0) is 23.2. The van der Waals surface area contributed by atoms with Gasteiger partial charge in [-0.15, -0.1) is 5.10 Å². The summed E-state index contributed by atoms with van der Waals surface area (Å²) in [6.07, 6.45) is 2.11. The lowest BCUT2D eigenvalue weighted by molar-refractivity contribution is -0.130. The second-order valence-corrected chi connectivity index (χ2v) is 7.66. The average molecular weight is 447 g/mol. The molecule has 3 N–H and O–H groups in total. The zero-order valence-electron chi connectivity index (χ0n) is 17.6. The highest BCUT2D eigenvalue weighted by atomic mass is 19.1. The number of amides is 2. The van der Waals surface area contributed by atoms with Crippen molar-refractivity contribution in [3.63, 3.8) is 0 Å². The molecule has 0 aliphatic heterocycles. The normalized spacial score (nSPS) is 11.8. The third-order valence-corrected chi connectivity index (χ3v) is 5.28. The molecule has 0 bridgehead atoms. The Morgan fingerprint density at radius 1 is 1.03 bits per heavy atom. The Bertz CT molecular complexity index is 1290. The Kier molecular flexibility index (Phi) is 6.70. The standard InChI is InChI=1S/C24H22FN5O3/c25-20-7-3-6-19(12-20)24(32)26-14-21-15-30(29-27-21)22(13-23(31)28-33)11-16-8-9-17-4-1-2-5-18(17)10-16/h1-10,12,15,22,33H,11,13-14H2,(H,26,32)(H,28,31). The third-order valence-electron chi connectivity index (χ3n) is 5.28. The molecule has 0 saturated carbocycles. The van der Waals surface area contributed by atoms with Gasteiger partial charge in [0.05, 0.1) is 25.2 Å². The molecule has 0 aliphatic carbocycles.